The average Bonchev–Trinajstić information content (AvgIpc) is 2.42. The Morgan fingerprint density at radius 2 is 1.14 bits per heavy atom. The molecule has 0 unspecified atom stereocenters. The minimum absolute atomic E-state index is 0.141. The van der Waals surface area contributed by atoms with Crippen molar-refractivity contribution in [3.05, 3.63) is 11.6 Å². The van der Waals surface area contributed by atoms with Crippen molar-refractivity contribution in [2.45, 2.75) is 41.5 Å². The molecule has 0 rings (SSSR count). The Kier molecular flexibility index (Phi) is 10.0. The summed E-state index contributed by atoms with van der Waals surface area (Å²) < 4.78 is 47.1. The summed E-state index contributed by atoms with van der Waals surface area (Å²) in [5.74, 6) is 0.282. The first-order valence-corrected chi connectivity index (χ1v) is 10.7. The van der Waals surface area contributed by atoms with Gasteiger partial charge in [0.15, 0.2) is 0 Å². The molecule has 0 spiro atoms. The quantitative estimate of drug-likeness (QED) is 0.444. The van der Waals surface area contributed by atoms with Crippen molar-refractivity contribution in [3.63, 3.8) is 0 Å². The Bertz CT molecular complexity index is 407. The Balaban J connectivity index is 5.39. The largest absolute Gasteiger partial charge is 0.368 e. The van der Waals surface area contributed by atoms with Crippen LogP contribution < -0.4 is 0 Å². The predicted octanol–water partition coefficient (Wildman–Crippen LogP) is 5.26. The number of hydrogen-bond acceptors (Lipinski definition) is 6. The molecule has 22 heavy (non-hydrogen) atoms. The van der Waals surface area contributed by atoms with Gasteiger partial charge in [0.05, 0.1) is 26.4 Å². The zero-order valence-corrected chi connectivity index (χ0v) is 16.3. The highest BCUT2D eigenvalue weighted by atomic mass is 31.2. The first-order valence-electron chi connectivity index (χ1n) is 7.59. The minimum Gasteiger partial charge on any atom is -0.305 e. The monoisotopic (exact) mass is 356 g/mol. The van der Waals surface area contributed by atoms with Crippen LogP contribution in [0.2, 0.25) is 0 Å². The summed E-state index contributed by atoms with van der Waals surface area (Å²) in [6.45, 7) is 15.4. The van der Waals surface area contributed by atoms with E-state index >= 15 is 0 Å². The first-order chi connectivity index (χ1) is 10.1. The lowest BCUT2D eigenvalue weighted by atomic mass is 10.2. The summed E-state index contributed by atoms with van der Waals surface area (Å²) in [5, 5.41) is -0.231. The Hall–Kier alpha value is 0.0400. The Morgan fingerprint density at radius 1 is 0.818 bits per heavy atom. The molecule has 0 aromatic heterocycles. The topological polar surface area (TPSA) is 71.1 Å². The van der Waals surface area contributed by atoms with Crippen LogP contribution in [0.3, 0.4) is 0 Å². The molecule has 0 aromatic carbocycles. The molecule has 0 aliphatic rings. The molecule has 6 nitrogen and oxygen atoms in total. The predicted molar refractivity (Wildman–Crippen MR) is 89.2 cm³/mol. The molecular weight excluding hydrogens is 326 g/mol. The van der Waals surface area contributed by atoms with Crippen LogP contribution in [0.25, 0.3) is 0 Å². The second kappa shape index (κ2) is 10.0. The molecule has 0 heterocycles. The van der Waals surface area contributed by atoms with Gasteiger partial charge in [-0.1, -0.05) is 34.3 Å². The van der Waals surface area contributed by atoms with Crippen LogP contribution in [0, 0.1) is 11.8 Å². The molecule has 0 aliphatic carbocycles. The molecule has 132 valence electrons. The molecule has 0 bridgehead atoms. The fraction of sp³-hybridized carbons (Fsp3) is 0.857. The van der Waals surface area contributed by atoms with Crippen LogP contribution in [0.4, 0.5) is 0 Å². The maximum atomic E-state index is 13.0. The van der Waals surface area contributed by atoms with Gasteiger partial charge >= 0.3 is 15.2 Å². The molecule has 0 atom stereocenters. The van der Waals surface area contributed by atoms with Crippen LogP contribution in [-0.4, -0.2) is 26.4 Å². The van der Waals surface area contributed by atoms with E-state index < -0.39 is 15.2 Å². The smallest absolute Gasteiger partial charge is 0.305 e. The van der Waals surface area contributed by atoms with Gasteiger partial charge in [-0.25, -0.2) is 0 Å². The van der Waals surface area contributed by atoms with Gasteiger partial charge in [0, 0.05) is 0 Å². The summed E-state index contributed by atoms with van der Waals surface area (Å²) >= 11 is 0. The second-order valence-electron chi connectivity index (χ2n) is 5.63. The van der Waals surface area contributed by atoms with Crippen molar-refractivity contribution in [2.24, 2.45) is 11.8 Å². The first kappa shape index (κ1) is 22.0. The zero-order chi connectivity index (χ0) is 17.4. The van der Waals surface area contributed by atoms with E-state index in [9.17, 15) is 9.13 Å². The van der Waals surface area contributed by atoms with E-state index in [2.05, 4.69) is 6.58 Å². The lowest BCUT2D eigenvalue weighted by Crippen LogP contribution is -2.09. The normalized spacial score (nSPS) is 13.1. The summed E-state index contributed by atoms with van der Waals surface area (Å²) in [7, 11) is -7.57. The van der Waals surface area contributed by atoms with Gasteiger partial charge in [0.1, 0.15) is 5.06 Å². The molecule has 0 aromatic rings. The SMILES string of the molecule is C=C(P(=O)(OCC)OCC)P(=O)(OCC(C)C)OCC(C)C. The lowest BCUT2D eigenvalue weighted by Gasteiger charge is -2.26. The van der Waals surface area contributed by atoms with Gasteiger partial charge in [-0.15, -0.1) is 0 Å². The summed E-state index contributed by atoms with van der Waals surface area (Å²) in [6.07, 6.45) is 0. The van der Waals surface area contributed by atoms with Crippen LogP contribution in [-0.2, 0) is 27.2 Å². The van der Waals surface area contributed by atoms with Crippen molar-refractivity contribution < 1.29 is 27.2 Å². The molecule has 8 heteroatoms. The summed E-state index contributed by atoms with van der Waals surface area (Å²) in [6, 6.07) is 0. The molecule has 0 radical (unpaired) electrons. The van der Waals surface area contributed by atoms with E-state index in [1.165, 1.54) is 0 Å². The van der Waals surface area contributed by atoms with Gasteiger partial charge in [-0.05, 0) is 25.7 Å². The van der Waals surface area contributed by atoms with E-state index in [1.807, 2.05) is 27.7 Å². The maximum Gasteiger partial charge on any atom is 0.368 e. The van der Waals surface area contributed by atoms with Gasteiger partial charge in [0.2, 0.25) is 0 Å². The third-order valence-corrected chi connectivity index (χ3v) is 7.29. The van der Waals surface area contributed by atoms with Gasteiger partial charge in [-0.2, -0.15) is 0 Å². The van der Waals surface area contributed by atoms with Crippen molar-refractivity contribution in [3.8, 4) is 0 Å². The highest BCUT2D eigenvalue weighted by Crippen LogP contribution is 2.73. The van der Waals surface area contributed by atoms with E-state index in [1.54, 1.807) is 13.8 Å². The highest BCUT2D eigenvalue weighted by molar-refractivity contribution is 7.78. The van der Waals surface area contributed by atoms with Gasteiger partial charge < -0.3 is 18.1 Å². The average molecular weight is 356 g/mol. The Morgan fingerprint density at radius 3 is 1.41 bits per heavy atom. The van der Waals surface area contributed by atoms with Crippen LogP contribution >= 0.6 is 15.2 Å². The van der Waals surface area contributed by atoms with Crippen molar-refractivity contribution in [1.29, 1.82) is 0 Å². The molecule has 0 saturated carbocycles. The van der Waals surface area contributed by atoms with Gasteiger partial charge in [-0.3, -0.25) is 9.13 Å². The standard InChI is InChI=1S/C14H30O6P2/c1-8-17-21(15,18-9-2)14(7)22(16,19-10-12(3)4)20-11-13(5)6/h12-13H,7-11H2,1-6H3. The van der Waals surface area contributed by atoms with Crippen molar-refractivity contribution in [1.82, 2.24) is 0 Å². The maximum absolute atomic E-state index is 13.0. The number of hydrogen-bond donors (Lipinski definition) is 0. The van der Waals surface area contributed by atoms with Crippen molar-refractivity contribution >= 4 is 15.2 Å². The molecule has 0 amide bonds. The summed E-state index contributed by atoms with van der Waals surface area (Å²) in [5.41, 5.74) is 0. The van der Waals surface area contributed by atoms with Crippen LogP contribution in [0.1, 0.15) is 41.5 Å². The van der Waals surface area contributed by atoms with Crippen molar-refractivity contribution in [2.75, 3.05) is 26.4 Å². The van der Waals surface area contributed by atoms with Crippen LogP contribution in [0.15, 0.2) is 11.6 Å². The molecule has 0 aliphatic heterocycles. The molecule has 0 N–H and O–H groups in total. The third kappa shape index (κ3) is 7.08. The van der Waals surface area contributed by atoms with E-state index in [-0.39, 0.29) is 43.3 Å². The number of rotatable bonds is 12. The fourth-order valence-corrected chi connectivity index (χ4v) is 5.66. The summed E-state index contributed by atoms with van der Waals surface area (Å²) in [4.78, 5) is 0. The highest BCUT2D eigenvalue weighted by Gasteiger charge is 2.44. The second-order valence-corrected chi connectivity index (χ2v) is 10.1. The molecule has 0 saturated heterocycles. The minimum atomic E-state index is -3.81. The third-order valence-electron chi connectivity index (χ3n) is 2.39. The molecule has 0 fully saturated rings. The Labute approximate surface area is 134 Å². The van der Waals surface area contributed by atoms with Crippen LogP contribution in [0.5, 0.6) is 0 Å². The molecular formula is C14H30O6P2. The van der Waals surface area contributed by atoms with E-state index in [4.69, 9.17) is 18.1 Å². The van der Waals surface area contributed by atoms with E-state index in [0.717, 1.165) is 0 Å². The fourth-order valence-electron chi connectivity index (χ4n) is 1.36. The van der Waals surface area contributed by atoms with E-state index in [0.29, 0.717) is 0 Å². The van der Waals surface area contributed by atoms with Gasteiger partial charge in [0.25, 0.3) is 0 Å². The lowest BCUT2D eigenvalue weighted by molar-refractivity contribution is 0.176. The zero-order valence-electron chi connectivity index (χ0n) is 14.5.